The normalized spacial score (nSPS) is 17.4. The third-order valence-corrected chi connectivity index (χ3v) is 7.90. The van der Waals surface area contributed by atoms with Crippen LogP contribution in [0.25, 0.3) is 44.6 Å². The summed E-state index contributed by atoms with van der Waals surface area (Å²) in [6, 6.07) is 22.1. The van der Waals surface area contributed by atoms with E-state index < -0.39 is 0 Å². The topological polar surface area (TPSA) is 111 Å². The number of hydrogen-bond donors (Lipinski definition) is 4. The number of aromatic nitrogens is 4. The van der Waals surface area contributed by atoms with Gasteiger partial charge in [-0.05, 0) is 52.9 Å². The molecule has 6 aromatic rings. The number of nitrogens with one attached hydrogen (secondary N) is 4. The number of hydrogen-bond acceptors (Lipinski definition) is 5. The molecule has 3 aromatic carbocycles. The number of aliphatic imine (C=N–C) groups is 1. The molecular weight excluding hydrogens is 498 g/mol. The summed E-state index contributed by atoms with van der Waals surface area (Å²) in [5.41, 5.74) is 10.6. The zero-order valence-electron chi connectivity index (χ0n) is 21.7. The largest absolute Gasteiger partial charge is 0.346 e. The second-order valence-electron chi connectivity index (χ2n) is 10.3. The molecule has 8 rings (SSSR count). The first kappa shape index (κ1) is 22.9. The number of benzene rings is 3. The average Bonchev–Trinajstić information content (AvgIpc) is 3.78. The van der Waals surface area contributed by atoms with E-state index in [-0.39, 0.29) is 18.1 Å². The van der Waals surface area contributed by atoms with Crippen molar-refractivity contribution in [3.05, 3.63) is 107 Å². The number of amides is 1. The first-order valence-electron chi connectivity index (χ1n) is 13.4. The van der Waals surface area contributed by atoms with Crippen molar-refractivity contribution in [1.82, 2.24) is 30.6 Å². The van der Waals surface area contributed by atoms with Gasteiger partial charge in [0.15, 0.2) is 0 Å². The van der Waals surface area contributed by atoms with Crippen LogP contribution in [0.15, 0.2) is 84.1 Å². The summed E-state index contributed by atoms with van der Waals surface area (Å²) in [6.45, 7) is 2.83. The van der Waals surface area contributed by atoms with Crippen LogP contribution in [0.5, 0.6) is 0 Å². The van der Waals surface area contributed by atoms with Crippen LogP contribution < -0.4 is 10.6 Å². The predicted molar refractivity (Wildman–Crippen MR) is 156 cm³/mol. The molecule has 0 fully saturated rings. The highest BCUT2D eigenvalue weighted by Crippen LogP contribution is 2.47. The minimum atomic E-state index is -0.340. The number of carbonyl (C=O) groups excluding carboxylic acids is 1. The highest BCUT2D eigenvalue weighted by atomic mass is 16.1. The molecule has 8 heteroatoms. The fourth-order valence-electron chi connectivity index (χ4n) is 6.18. The van der Waals surface area contributed by atoms with Crippen molar-refractivity contribution in [2.45, 2.75) is 19.1 Å². The molecule has 0 radical (unpaired) electrons. The van der Waals surface area contributed by atoms with E-state index in [4.69, 9.17) is 4.98 Å². The third kappa shape index (κ3) is 3.43. The Balaban J connectivity index is 1.27. The molecule has 0 unspecified atom stereocenters. The van der Waals surface area contributed by atoms with E-state index in [9.17, 15) is 4.79 Å². The zero-order valence-corrected chi connectivity index (χ0v) is 21.7. The quantitative estimate of drug-likeness (QED) is 0.241. The molecule has 40 heavy (non-hydrogen) atoms. The number of nitrogens with zero attached hydrogens (tertiary/aromatic N) is 3. The summed E-state index contributed by atoms with van der Waals surface area (Å²) in [6.07, 6.45) is 5.26. The Morgan fingerprint density at radius 3 is 2.75 bits per heavy atom. The van der Waals surface area contributed by atoms with Crippen LogP contribution in [-0.4, -0.2) is 38.6 Å². The lowest BCUT2D eigenvalue weighted by Gasteiger charge is -2.18. The van der Waals surface area contributed by atoms with E-state index in [0.717, 1.165) is 67.7 Å². The Morgan fingerprint density at radius 1 is 0.975 bits per heavy atom. The molecular formula is C32H25N7O. The lowest BCUT2D eigenvalue weighted by Crippen LogP contribution is -2.28. The van der Waals surface area contributed by atoms with E-state index in [2.05, 4.69) is 80.0 Å². The standard InChI is InChI=1S/C32H25N7O/c1-17-15-24(30-35-13-14-36-30)27-25(16-17)37-31(38-27)23-8-4-7-19-18-5-2-3-6-20(18)28(26(19)23)39-32(40)22-10-12-34-29-21(22)9-11-33-29/h2-13,15-16,28,30,36H,14H2,1H3,(H,33,34)(H,37,38)(H,39,40)/t28-,30-/m0/s1. The predicted octanol–water partition coefficient (Wildman–Crippen LogP) is 5.59. The molecule has 0 bridgehead atoms. The number of fused-ring (bicyclic) bond motifs is 5. The summed E-state index contributed by atoms with van der Waals surface area (Å²) in [7, 11) is 0. The molecule has 1 aliphatic carbocycles. The van der Waals surface area contributed by atoms with Crippen LogP contribution in [0, 0.1) is 6.92 Å². The second kappa shape index (κ2) is 8.72. The van der Waals surface area contributed by atoms with Crippen molar-refractivity contribution in [3.8, 4) is 22.5 Å². The highest BCUT2D eigenvalue weighted by Gasteiger charge is 2.33. The Bertz CT molecular complexity index is 2000. The molecule has 3 aromatic heterocycles. The van der Waals surface area contributed by atoms with Gasteiger partial charge in [0.1, 0.15) is 17.6 Å². The fraction of sp³-hybridized carbons (Fsp3) is 0.125. The van der Waals surface area contributed by atoms with E-state index >= 15 is 0 Å². The highest BCUT2D eigenvalue weighted by molar-refractivity contribution is 6.06. The van der Waals surface area contributed by atoms with Gasteiger partial charge in [-0.3, -0.25) is 15.1 Å². The van der Waals surface area contributed by atoms with Crippen LogP contribution in [0.3, 0.4) is 0 Å². The van der Waals surface area contributed by atoms with Gasteiger partial charge in [-0.1, -0.05) is 48.5 Å². The van der Waals surface area contributed by atoms with Gasteiger partial charge in [0.25, 0.3) is 5.91 Å². The van der Waals surface area contributed by atoms with Crippen molar-refractivity contribution in [2.75, 3.05) is 6.54 Å². The van der Waals surface area contributed by atoms with Crippen LogP contribution >= 0.6 is 0 Å². The van der Waals surface area contributed by atoms with Gasteiger partial charge in [-0.15, -0.1) is 0 Å². The SMILES string of the molecule is Cc1cc([C@H]2N=CCN2)c2nc(-c3cccc4c3[C@@H](NC(=O)c3ccnc5[nH]ccc35)c3ccccc3-4)[nH]c2c1. The number of aryl methyl sites for hydroxylation is 1. The number of carbonyl (C=O) groups is 1. The maximum atomic E-state index is 13.8. The van der Waals surface area contributed by atoms with E-state index in [1.165, 1.54) is 0 Å². The molecule has 2 aliphatic rings. The van der Waals surface area contributed by atoms with Crippen molar-refractivity contribution in [3.63, 3.8) is 0 Å². The van der Waals surface area contributed by atoms with Gasteiger partial charge in [-0.25, -0.2) is 9.97 Å². The second-order valence-corrected chi connectivity index (χ2v) is 10.3. The number of H-pyrrole nitrogens is 2. The molecule has 4 N–H and O–H groups in total. The third-order valence-electron chi connectivity index (χ3n) is 7.90. The molecule has 4 heterocycles. The molecule has 0 saturated heterocycles. The van der Waals surface area contributed by atoms with Crippen molar-refractivity contribution in [2.24, 2.45) is 4.99 Å². The first-order valence-corrected chi connectivity index (χ1v) is 13.4. The molecule has 0 saturated carbocycles. The average molecular weight is 524 g/mol. The summed E-state index contributed by atoms with van der Waals surface area (Å²) in [5, 5.41) is 7.56. The van der Waals surface area contributed by atoms with Crippen LogP contribution in [0.2, 0.25) is 0 Å². The minimum Gasteiger partial charge on any atom is -0.346 e. The van der Waals surface area contributed by atoms with Gasteiger partial charge in [0.05, 0.1) is 22.6 Å². The van der Waals surface area contributed by atoms with Crippen LogP contribution in [0.4, 0.5) is 0 Å². The number of imidazole rings is 1. The zero-order chi connectivity index (χ0) is 26.8. The fourth-order valence-corrected chi connectivity index (χ4v) is 6.18. The number of pyridine rings is 1. The van der Waals surface area contributed by atoms with E-state index in [1.54, 1.807) is 18.5 Å². The number of aromatic amines is 2. The van der Waals surface area contributed by atoms with Gasteiger partial charge in [0.2, 0.25) is 0 Å². The Labute approximate surface area is 229 Å². The summed E-state index contributed by atoms with van der Waals surface area (Å²) >= 11 is 0. The molecule has 1 aliphatic heterocycles. The Kier molecular flexibility index (Phi) is 4.99. The lowest BCUT2D eigenvalue weighted by atomic mass is 9.97. The maximum Gasteiger partial charge on any atom is 0.252 e. The molecule has 8 nitrogen and oxygen atoms in total. The van der Waals surface area contributed by atoms with Gasteiger partial charge in [0, 0.05) is 41.7 Å². The lowest BCUT2D eigenvalue weighted by molar-refractivity contribution is 0.0945. The van der Waals surface area contributed by atoms with Gasteiger partial charge >= 0.3 is 0 Å². The monoisotopic (exact) mass is 523 g/mol. The van der Waals surface area contributed by atoms with Crippen molar-refractivity contribution >= 4 is 34.2 Å². The summed E-state index contributed by atoms with van der Waals surface area (Å²) < 4.78 is 0. The van der Waals surface area contributed by atoms with E-state index in [1.807, 2.05) is 24.4 Å². The van der Waals surface area contributed by atoms with Crippen LogP contribution in [-0.2, 0) is 0 Å². The minimum absolute atomic E-state index is 0.109. The summed E-state index contributed by atoms with van der Waals surface area (Å²) in [5.74, 6) is 0.617. The van der Waals surface area contributed by atoms with E-state index in [0.29, 0.717) is 11.2 Å². The smallest absolute Gasteiger partial charge is 0.252 e. The van der Waals surface area contributed by atoms with Crippen molar-refractivity contribution < 1.29 is 4.79 Å². The Hall–Kier alpha value is -5.08. The Morgan fingerprint density at radius 2 is 1.85 bits per heavy atom. The molecule has 1 amide bonds. The molecule has 194 valence electrons. The maximum absolute atomic E-state index is 13.8. The van der Waals surface area contributed by atoms with Gasteiger partial charge in [-0.2, -0.15) is 0 Å². The number of rotatable bonds is 4. The van der Waals surface area contributed by atoms with Gasteiger partial charge < -0.3 is 15.3 Å². The first-order chi connectivity index (χ1) is 19.7. The molecule has 2 atom stereocenters. The van der Waals surface area contributed by atoms with Crippen LogP contribution in [0.1, 0.15) is 44.8 Å². The summed E-state index contributed by atoms with van der Waals surface area (Å²) in [4.78, 5) is 34.5. The van der Waals surface area contributed by atoms with Crippen molar-refractivity contribution in [1.29, 1.82) is 0 Å². The molecule has 0 spiro atoms.